The van der Waals surface area contributed by atoms with Crippen molar-refractivity contribution >= 4 is 5.97 Å². The Kier molecular flexibility index (Phi) is 8.38. The summed E-state index contributed by atoms with van der Waals surface area (Å²) in [7, 11) is 0. The zero-order valence-corrected chi connectivity index (χ0v) is 25.3. The maximum Gasteiger partial charge on any atom is 0.309 e. The molecule has 4 saturated heterocycles. The third-order valence-electron chi connectivity index (χ3n) is 9.74. The van der Waals surface area contributed by atoms with Crippen LogP contribution >= 0.6 is 0 Å². The number of carbonyl (C=O) groups is 1. The molecule has 4 heterocycles. The first-order valence-corrected chi connectivity index (χ1v) is 16.1. The van der Waals surface area contributed by atoms with E-state index in [9.17, 15) is 4.79 Å². The van der Waals surface area contributed by atoms with Crippen LogP contribution in [0, 0.1) is 11.8 Å². The molecule has 2 aromatic rings. The molecule has 8 nitrogen and oxygen atoms in total. The average Bonchev–Trinajstić information content (AvgIpc) is 3.86. The van der Waals surface area contributed by atoms with Crippen molar-refractivity contribution in [2.45, 2.75) is 94.4 Å². The Morgan fingerprint density at radius 2 is 1.21 bits per heavy atom. The Morgan fingerprint density at radius 1 is 0.698 bits per heavy atom. The fourth-order valence-electron chi connectivity index (χ4n) is 6.38. The highest BCUT2D eigenvalue weighted by molar-refractivity contribution is 5.72. The fraction of sp³-hybridized carbons (Fsp3) is 0.629. The molecule has 2 aliphatic carbocycles. The summed E-state index contributed by atoms with van der Waals surface area (Å²) in [5.41, 5.74) is 2.42. The van der Waals surface area contributed by atoms with Gasteiger partial charge in [0.25, 0.3) is 0 Å². The molecular formula is C35H44O8. The predicted molar refractivity (Wildman–Crippen MR) is 158 cm³/mol. The van der Waals surface area contributed by atoms with Crippen molar-refractivity contribution in [3.05, 3.63) is 59.7 Å². The van der Waals surface area contributed by atoms with E-state index >= 15 is 0 Å². The van der Waals surface area contributed by atoms with E-state index in [1.165, 1.54) is 11.1 Å². The number of carbonyl (C=O) groups excluding carboxylic acids is 1. The van der Waals surface area contributed by atoms with E-state index in [0.29, 0.717) is 50.2 Å². The van der Waals surface area contributed by atoms with Crippen LogP contribution in [0.5, 0.6) is 11.5 Å². The second-order valence-corrected chi connectivity index (χ2v) is 13.5. The van der Waals surface area contributed by atoms with Crippen molar-refractivity contribution < 1.29 is 38.0 Å². The van der Waals surface area contributed by atoms with Crippen molar-refractivity contribution in [2.75, 3.05) is 33.0 Å². The van der Waals surface area contributed by atoms with Gasteiger partial charge < -0.3 is 33.2 Å². The minimum Gasteiger partial charge on any atom is -0.491 e. The van der Waals surface area contributed by atoms with Crippen LogP contribution in [0.4, 0.5) is 0 Å². The van der Waals surface area contributed by atoms with Gasteiger partial charge in [-0.05, 0) is 79.8 Å². The lowest BCUT2D eigenvalue weighted by molar-refractivity contribution is -0.151. The quantitative estimate of drug-likeness (QED) is 0.259. The molecule has 0 spiro atoms. The van der Waals surface area contributed by atoms with Crippen molar-refractivity contribution in [2.24, 2.45) is 11.8 Å². The summed E-state index contributed by atoms with van der Waals surface area (Å²) in [6.07, 6.45) is 8.59. The lowest BCUT2D eigenvalue weighted by Crippen LogP contribution is -2.27. The second-order valence-electron chi connectivity index (χ2n) is 13.5. The SMILES string of the molecule is CC(C)(c1ccc(OCC2CO2)cc1)c1ccc(OCC2CO2)cc1.O=C(OCC1CCC2OC2C1)C1CCC2OC2C1. The highest BCUT2D eigenvalue weighted by atomic mass is 16.6. The summed E-state index contributed by atoms with van der Waals surface area (Å²) in [4.78, 5) is 12.0. The van der Waals surface area contributed by atoms with Gasteiger partial charge >= 0.3 is 5.97 Å². The molecule has 0 radical (unpaired) electrons. The van der Waals surface area contributed by atoms with Crippen molar-refractivity contribution in [3.63, 3.8) is 0 Å². The molecule has 8 heteroatoms. The Labute approximate surface area is 254 Å². The molecule has 2 aromatic carbocycles. The molecule has 6 fully saturated rings. The van der Waals surface area contributed by atoms with Crippen LogP contribution in [-0.2, 0) is 33.9 Å². The molecule has 232 valence electrons. The lowest BCUT2D eigenvalue weighted by atomic mass is 9.78. The molecule has 6 aliphatic rings. The van der Waals surface area contributed by atoms with Gasteiger partial charge in [-0.2, -0.15) is 0 Å². The summed E-state index contributed by atoms with van der Waals surface area (Å²) in [5, 5.41) is 0. The number of fused-ring (bicyclic) bond motifs is 2. The first-order valence-electron chi connectivity index (χ1n) is 16.1. The van der Waals surface area contributed by atoms with Gasteiger partial charge in [0.05, 0.1) is 50.2 Å². The monoisotopic (exact) mass is 592 g/mol. The summed E-state index contributed by atoms with van der Waals surface area (Å²) < 4.78 is 38.2. The normalized spacial score (nSPS) is 33.1. The Morgan fingerprint density at radius 3 is 1.70 bits per heavy atom. The Balaban J connectivity index is 0.000000147. The van der Waals surface area contributed by atoms with Crippen molar-refractivity contribution in [3.8, 4) is 11.5 Å². The summed E-state index contributed by atoms with van der Waals surface area (Å²) in [5.74, 6) is 2.39. The number of epoxide rings is 4. The van der Waals surface area contributed by atoms with Crippen LogP contribution < -0.4 is 9.47 Å². The molecule has 2 saturated carbocycles. The van der Waals surface area contributed by atoms with Gasteiger partial charge in [-0.3, -0.25) is 4.79 Å². The minimum atomic E-state index is -0.0870. The van der Waals surface area contributed by atoms with E-state index in [1.807, 2.05) is 24.3 Å². The first kappa shape index (κ1) is 29.1. The second kappa shape index (κ2) is 12.4. The first-order chi connectivity index (χ1) is 20.9. The number of esters is 1. The minimum absolute atomic E-state index is 0.00258. The topological polar surface area (TPSA) is 94.9 Å². The molecule has 4 aliphatic heterocycles. The average molecular weight is 593 g/mol. The maximum atomic E-state index is 12.0. The van der Waals surface area contributed by atoms with Gasteiger partial charge in [0.2, 0.25) is 0 Å². The van der Waals surface area contributed by atoms with E-state index < -0.39 is 0 Å². The number of benzene rings is 2. The highest BCUT2D eigenvalue weighted by Gasteiger charge is 2.47. The van der Waals surface area contributed by atoms with Crippen LogP contribution in [0.25, 0.3) is 0 Å². The zero-order chi connectivity index (χ0) is 29.4. The van der Waals surface area contributed by atoms with Crippen LogP contribution in [0.15, 0.2) is 48.5 Å². The number of ether oxygens (including phenoxy) is 7. The van der Waals surface area contributed by atoms with Crippen molar-refractivity contribution in [1.29, 1.82) is 0 Å². The number of rotatable bonds is 11. The predicted octanol–water partition coefficient (Wildman–Crippen LogP) is 5.23. The highest BCUT2D eigenvalue weighted by Crippen LogP contribution is 2.41. The maximum absolute atomic E-state index is 12.0. The summed E-state index contributed by atoms with van der Waals surface area (Å²) in [6, 6.07) is 16.7. The molecule has 8 unspecified atom stereocenters. The van der Waals surface area contributed by atoms with Gasteiger partial charge in [0.1, 0.15) is 36.9 Å². The fourth-order valence-corrected chi connectivity index (χ4v) is 6.38. The van der Waals surface area contributed by atoms with Crippen LogP contribution in [0.3, 0.4) is 0 Å². The number of hydrogen-bond acceptors (Lipinski definition) is 8. The molecule has 8 atom stereocenters. The van der Waals surface area contributed by atoms with Gasteiger partial charge in [0.15, 0.2) is 0 Å². The molecule has 0 N–H and O–H groups in total. The molecular weight excluding hydrogens is 548 g/mol. The van der Waals surface area contributed by atoms with Crippen LogP contribution in [0.1, 0.15) is 63.5 Å². The van der Waals surface area contributed by atoms with Crippen LogP contribution in [-0.4, -0.2) is 75.6 Å². The van der Waals surface area contributed by atoms with Crippen LogP contribution in [0.2, 0.25) is 0 Å². The van der Waals surface area contributed by atoms with Gasteiger partial charge in [0, 0.05) is 5.41 Å². The van der Waals surface area contributed by atoms with Crippen molar-refractivity contribution in [1.82, 2.24) is 0 Å². The lowest BCUT2D eigenvalue weighted by Gasteiger charge is -2.26. The third-order valence-corrected chi connectivity index (χ3v) is 9.74. The molecule has 0 aromatic heterocycles. The molecule has 8 rings (SSSR count). The van der Waals surface area contributed by atoms with E-state index in [-0.39, 0.29) is 29.5 Å². The van der Waals surface area contributed by atoms with Gasteiger partial charge in [-0.1, -0.05) is 38.1 Å². The third kappa shape index (κ3) is 7.72. The summed E-state index contributed by atoms with van der Waals surface area (Å²) in [6.45, 7) is 7.96. The van der Waals surface area contributed by atoms with E-state index in [4.69, 9.17) is 33.2 Å². The summed E-state index contributed by atoms with van der Waals surface area (Å²) >= 11 is 0. The molecule has 43 heavy (non-hydrogen) atoms. The number of hydrogen-bond donors (Lipinski definition) is 0. The van der Waals surface area contributed by atoms with E-state index in [1.54, 1.807) is 0 Å². The largest absolute Gasteiger partial charge is 0.491 e. The van der Waals surface area contributed by atoms with E-state index in [0.717, 1.165) is 63.2 Å². The molecule has 0 bridgehead atoms. The zero-order valence-electron chi connectivity index (χ0n) is 25.3. The van der Waals surface area contributed by atoms with E-state index in [2.05, 4.69) is 38.1 Å². The Hall–Kier alpha value is -2.65. The molecule has 0 amide bonds. The smallest absolute Gasteiger partial charge is 0.309 e. The van der Waals surface area contributed by atoms with Gasteiger partial charge in [-0.25, -0.2) is 0 Å². The standard InChI is InChI=1S/C21H24O4.C14H20O4/c1-21(2,15-3-7-17(8-4-15)22-11-19-13-24-19)16-5-9-18(10-6-16)23-12-20-14-25-20;15-14(9-2-4-11-13(6-9)18-11)16-7-8-1-3-10-12(5-8)17-10/h3-10,19-20H,11-14H2,1-2H3;8-13H,1-7H2. The van der Waals surface area contributed by atoms with Gasteiger partial charge in [-0.15, -0.1) is 0 Å². The Bertz CT molecular complexity index is 1170.